The van der Waals surface area contributed by atoms with Crippen molar-refractivity contribution in [1.82, 2.24) is 5.32 Å². The van der Waals surface area contributed by atoms with Crippen molar-refractivity contribution in [2.24, 2.45) is 5.14 Å². The molecule has 0 aliphatic carbocycles. The summed E-state index contributed by atoms with van der Waals surface area (Å²) in [5.41, 5.74) is 0.872. The topological polar surface area (TPSA) is 106 Å². The predicted octanol–water partition coefficient (Wildman–Crippen LogP) is -0.532. The van der Waals surface area contributed by atoms with Crippen LogP contribution < -0.4 is 10.5 Å². The Labute approximate surface area is 107 Å². The Morgan fingerprint density at radius 3 is 2.11 bits per heavy atom. The lowest BCUT2D eigenvalue weighted by molar-refractivity contribution is 0.591. The van der Waals surface area contributed by atoms with Gasteiger partial charge < -0.3 is 5.32 Å². The molecule has 18 heavy (non-hydrogen) atoms. The van der Waals surface area contributed by atoms with E-state index in [0.717, 1.165) is 11.8 Å². The normalized spacial score (nSPS) is 12.6. The number of hydrogen-bond acceptors (Lipinski definition) is 5. The van der Waals surface area contributed by atoms with Crippen LogP contribution in [0.15, 0.2) is 29.2 Å². The molecule has 0 amide bonds. The molecule has 0 radical (unpaired) electrons. The molecule has 0 heterocycles. The van der Waals surface area contributed by atoms with Crippen LogP contribution in [0, 0.1) is 0 Å². The van der Waals surface area contributed by atoms with Crippen LogP contribution in [0.3, 0.4) is 0 Å². The molecule has 3 N–H and O–H groups in total. The summed E-state index contributed by atoms with van der Waals surface area (Å²) in [5.74, 6) is -0.131. The van der Waals surface area contributed by atoms with Crippen LogP contribution in [-0.2, 0) is 26.4 Å². The van der Waals surface area contributed by atoms with Crippen LogP contribution in [0.25, 0.3) is 0 Å². The van der Waals surface area contributed by atoms with Crippen molar-refractivity contribution < 1.29 is 16.8 Å². The lowest BCUT2D eigenvalue weighted by Gasteiger charge is -2.05. The molecule has 0 bridgehead atoms. The summed E-state index contributed by atoms with van der Waals surface area (Å²) in [6.45, 7) is 0.715. The van der Waals surface area contributed by atoms with Crippen molar-refractivity contribution in [3.63, 3.8) is 0 Å². The number of hydrogen-bond donors (Lipinski definition) is 2. The van der Waals surface area contributed by atoms with E-state index < -0.39 is 19.9 Å². The Balaban J connectivity index is 2.50. The molecule has 0 saturated carbocycles. The third-order valence-corrected chi connectivity index (χ3v) is 4.15. The van der Waals surface area contributed by atoms with Crippen molar-refractivity contribution >= 4 is 19.9 Å². The van der Waals surface area contributed by atoms with Crippen LogP contribution >= 0.6 is 0 Å². The Bertz CT molecular complexity index is 591. The fourth-order valence-electron chi connectivity index (χ4n) is 1.30. The molecular formula is C10H16N2O4S2. The lowest BCUT2D eigenvalue weighted by Crippen LogP contribution is -2.26. The van der Waals surface area contributed by atoms with Crippen LogP contribution in [0.2, 0.25) is 0 Å². The number of sulfonamides is 1. The smallest absolute Gasteiger partial charge is 0.210 e. The highest BCUT2D eigenvalue weighted by atomic mass is 32.2. The first-order chi connectivity index (χ1) is 8.18. The highest BCUT2D eigenvalue weighted by Crippen LogP contribution is 2.09. The van der Waals surface area contributed by atoms with E-state index in [-0.39, 0.29) is 17.2 Å². The fourth-order valence-corrected chi connectivity index (χ4v) is 2.36. The summed E-state index contributed by atoms with van der Waals surface area (Å²) in [7, 11) is -6.63. The highest BCUT2D eigenvalue weighted by molar-refractivity contribution is 7.90. The van der Waals surface area contributed by atoms with Crippen LogP contribution in [0.5, 0.6) is 0 Å². The van der Waals surface area contributed by atoms with Crippen molar-refractivity contribution in [2.45, 2.75) is 11.4 Å². The van der Waals surface area contributed by atoms with E-state index in [1.165, 1.54) is 12.1 Å². The van der Waals surface area contributed by atoms with E-state index in [2.05, 4.69) is 5.32 Å². The first-order valence-electron chi connectivity index (χ1n) is 5.19. The van der Waals surface area contributed by atoms with Gasteiger partial charge in [0.05, 0.1) is 10.6 Å². The van der Waals surface area contributed by atoms with Gasteiger partial charge in [0.1, 0.15) is 0 Å². The average Bonchev–Trinajstić information content (AvgIpc) is 2.22. The van der Waals surface area contributed by atoms with Gasteiger partial charge in [-0.05, 0) is 17.7 Å². The van der Waals surface area contributed by atoms with Gasteiger partial charge in [0.25, 0.3) is 0 Å². The van der Waals surface area contributed by atoms with E-state index in [1.807, 2.05) is 0 Å². The largest absolute Gasteiger partial charge is 0.312 e. The second kappa shape index (κ2) is 5.79. The van der Waals surface area contributed by atoms with Gasteiger partial charge in [-0.3, -0.25) is 0 Å². The molecule has 0 saturated heterocycles. The van der Waals surface area contributed by atoms with Crippen LogP contribution in [0.1, 0.15) is 5.56 Å². The van der Waals surface area contributed by atoms with Crippen LogP contribution in [-0.4, -0.2) is 35.4 Å². The molecule has 0 aromatic heterocycles. The Morgan fingerprint density at radius 2 is 1.67 bits per heavy atom. The zero-order chi connectivity index (χ0) is 13.8. The minimum Gasteiger partial charge on any atom is -0.312 e. The molecule has 0 atom stereocenters. The first kappa shape index (κ1) is 15.1. The maximum absolute atomic E-state index is 11.2. The number of sulfone groups is 1. The minimum atomic E-state index is -3.45. The van der Waals surface area contributed by atoms with Crippen molar-refractivity contribution in [2.75, 3.05) is 18.6 Å². The van der Waals surface area contributed by atoms with Gasteiger partial charge in [0.2, 0.25) is 10.0 Å². The monoisotopic (exact) mass is 292 g/mol. The Morgan fingerprint density at radius 1 is 1.11 bits per heavy atom. The molecule has 0 aliphatic rings. The third kappa shape index (κ3) is 5.58. The van der Waals surface area contributed by atoms with E-state index in [9.17, 15) is 16.8 Å². The van der Waals surface area contributed by atoms with Gasteiger partial charge in [0.15, 0.2) is 9.84 Å². The third-order valence-electron chi connectivity index (χ3n) is 2.24. The Hall–Kier alpha value is -0.960. The van der Waals surface area contributed by atoms with Crippen molar-refractivity contribution in [3.8, 4) is 0 Å². The molecule has 1 aromatic carbocycles. The van der Waals surface area contributed by atoms with E-state index in [1.54, 1.807) is 12.1 Å². The molecule has 0 unspecified atom stereocenters. The summed E-state index contributed by atoms with van der Waals surface area (Å²) >= 11 is 0. The molecule has 1 rings (SSSR count). The quantitative estimate of drug-likeness (QED) is 0.685. The van der Waals surface area contributed by atoms with E-state index in [0.29, 0.717) is 6.54 Å². The summed E-state index contributed by atoms with van der Waals surface area (Å²) in [6, 6.07) is 6.40. The van der Waals surface area contributed by atoms with E-state index in [4.69, 9.17) is 5.14 Å². The average molecular weight is 292 g/mol. The van der Waals surface area contributed by atoms with Gasteiger partial charge >= 0.3 is 0 Å². The maximum atomic E-state index is 11.2. The maximum Gasteiger partial charge on any atom is 0.210 e. The molecule has 0 fully saturated rings. The summed E-state index contributed by atoms with van der Waals surface area (Å²) in [4.78, 5) is 0.260. The first-order valence-corrected chi connectivity index (χ1v) is 8.79. The van der Waals surface area contributed by atoms with Crippen LogP contribution in [0.4, 0.5) is 0 Å². The fraction of sp³-hybridized carbons (Fsp3) is 0.400. The van der Waals surface area contributed by atoms with Gasteiger partial charge in [-0.1, -0.05) is 12.1 Å². The molecule has 1 aromatic rings. The predicted molar refractivity (Wildman–Crippen MR) is 69.2 cm³/mol. The molecule has 102 valence electrons. The zero-order valence-corrected chi connectivity index (χ0v) is 11.6. The Kier molecular flexibility index (Phi) is 4.85. The van der Waals surface area contributed by atoms with Gasteiger partial charge in [-0.2, -0.15) is 0 Å². The number of rotatable bonds is 6. The molecule has 8 heteroatoms. The number of benzene rings is 1. The van der Waals surface area contributed by atoms with Gasteiger partial charge in [-0.15, -0.1) is 0 Å². The van der Waals surface area contributed by atoms with Gasteiger partial charge in [0, 0.05) is 19.3 Å². The number of primary sulfonamides is 1. The van der Waals surface area contributed by atoms with Crippen molar-refractivity contribution in [1.29, 1.82) is 0 Å². The zero-order valence-electron chi connectivity index (χ0n) is 9.96. The molecule has 6 nitrogen and oxygen atoms in total. The second-order valence-electron chi connectivity index (χ2n) is 3.96. The van der Waals surface area contributed by atoms with Crippen molar-refractivity contribution in [3.05, 3.63) is 29.8 Å². The summed E-state index contributed by atoms with van der Waals surface area (Å²) < 4.78 is 43.8. The minimum absolute atomic E-state index is 0.131. The van der Waals surface area contributed by atoms with E-state index >= 15 is 0 Å². The highest BCUT2D eigenvalue weighted by Gasteiger charge is 2.06. The molecular weight excluding hydrogens is 276 g/mol. The summed E-state index contributed by atoms with van der Waals surface area (Å²) in [5, 5.41) is 7.76. The number of nitrogens with one attached hydrogen (secondary N) is 1. The standard InChI is InChI=1S/C10H16N2O4S2/c1-17(13,14)10-4-2-9(3-5-10)8-12-6-7-18(11,15)16/h2-5,12H,6-8H2,1H3,(H2,11,15,16). The second-order valence-corrected chi connectivity index (χ2v) is 7.71. The SMILES string of the molecule is CS(=O)(=O)c1ccc(CNCCS(N)(=O)=O)cc1. The molecule has 0 aliphatic heterocycles. The number of nitrogens with two attached hydrogens (primary N) is 1. The summed E-state index contributed by atoms with van der Waals surface area (Å²) in [6.07, 6.45) is 1.15. The lowest BCUT2D eigenvalue weighted by atomic mass is 10.2. The molecule has 0 spiro atoms. The van der Waals surface area contributed by atoms with Gasteiger partial charge in [-0.25, -0.2) is 22.0 Å².